The van der Waals surface area contributed by atoms with Crippen molar-refractivity contribution in [3.63, 3.8) is 0 Å². The van der Waals surface area contributed by atoms with E-state index in [0.717, 1.165) is 83.8 Å². The van der Waals surface area contributed by atoms with Gasteiger partial charge in [-0.05, 0) is 125 Å². The van der Waals surface area contributed by atoms with Gasteiger partial charge in [0.2, 0.25) is 0 Å². The molecule has 0 saturated carbocycles. The van der Waals surface area contributed by atoms with Gasteiger partial charge >= 0.3 is 0 Å². The Kier molecular flexibility index (Phi) is 9.17. The smallest absolute Gasteiger partial charge is 0.143 e. The van der Waals surface area contributed by atoms with Crippen molar-refractivity contribution in [1.29, 1.82) is 0 Å². The van der Waals surface area contributed by atoms with Crippen molar-refractivity contribution < 1.29 is 4.42 Å². The number of furan rings is 1. The molecule has 0 spiro atoms. The third kappa shape index (κ3) is 6.46. The average Bonchev–Trinajstić information content (AvgIpc) is 4.10. The monoisotopic (exact) mass is 893 g/mol. The summed E-state index contributed by atoms with van der Waals surface area (Å²) in [7, 11) is 0. The molecule has 0 amide bonds. The molecule has 3 aromatic heterocycles. The highest BCUT2D eigenvalue weighted by atomic mass is 16.3. The van der Waals surface area contributed by atoms with Crippen LogP contribution < -0.4 is 4.90 Å². The van der Waals surface area contributed by atoms with Crippen molar-refractivity contribution in [2.75, 3.05) is 4.90 Å². The number of hydrogen-bond acceptors (Lipinski definition) is 2. The molecule has 4 nitrogen and oxygen atoms in total. The summed E-state index contributed by atoms with van der Waals surface area (Å²) in [6.07, 6.45) is 0. The number of benzene rings is 11. The first kappa shape index (κ1) is 39.8. The Bertz CT molecular complexity index is 4040. The van der Waals surface area contributed by atoms with Crippen molar-refractivity contribution in [2.24, 2.45) is 0 Å². The van der Waals surface area contributed by atoms with E-state index in [4.69, 9.17) is 4.42 Å². The Hall–Kier alpha value is -9.38. The molecule has 0 aliphatic rings. The fourth-order valence-electron chi connectivity index (χ4n) is 10.9. The maximum absolute atomic E-state index is 6.59. The van der Waals surface area contributed by atoms with Gasteiger partial charge in [-0.2, -0.15) is 0 Å². The Morgan fingerprint density at radius 3 is 1.24 bits per heavy atom. The van der Waals surface area contributed by atoms with Crippen LogP contribution >= 0.6 is 0 Å². The van der Waals surface area contributed by atoms with Crippen LogP contribution in [0.5, 0.6) is 0 Å². The van der Waals surface area contributed by atoms with E-state index in [1.165, 1.54) is 43.6 Å². The zero-order chi connectivity index (χ0) is 46.1. The second-order valence-corrected chi connectivity index (χ2v) is 18.1. The highest BCUT2D eigenvalue weighted by molar-refractivity contribution is 6.11. The number of rotatable bonds is 8. The van der Waals surface area contributed by atoms with Crippen LogP contribution in [0.4, 0.5) is 17.1 Å². The van der Waals surface area contributed by atoms with Gasteiger partial charge in [0, 0.05) is 66.3 Å². The fraction of sp³-hybridized carbons (Fsp3) is 0. The average molecular weight is 894 g/mol. The van der Waals surface area contributed by atoms with Crippen LogP contribution in [0, 0.1) is 0 Å². The standard InChI is InChI=1S/C66H43N3O/c1-2-17-44(18-3-1)46-39-47(41-48(40-46)54-28-16-29-60-59-27-8-13-34-65(59)70-66(54)60)45-35-37-49(38-36-45)67(50-19-14-21-52(42-50)68-61-30-9-4-23-55(61)56-24-5-10-31-62(56)68)51-20-15-22-53(43-51)69-63-32-11-6-25-57(63)58-26-7-12-33-64(58)69/h1-43H. The van der Waals surface area contributed by atoms with E-state index in [0.29, 0.717) is 0 Å². The van der Waals surface area contributed by atoms with E-state index >= 15 is 0 Å². The van der Waals surface area contributed by atoms with Gasteiger partial charge in [-0.1, -0.05) is 164 Å². The van der Waals surface area contributed by atoms with Crippen LogP contribution in [0.1, 0.15) is 0 Å². The number of anilines is 3. The van der Waals surface area contributed by atoms with E-state index in [1.807, 2.05) is 6.07 Å². The summed E-state index contributed by atoms with van der Waals surface area (Å²) in [5.41, 5.74) is 18.6. The number of para-hydroxylation sites is 6. The molecule has 0 aliphatic carbocycles. The lowest BCUT2D eigenvalue weighted by Crippen LogP contribution is -2.11. The summed E-state index contributed by atoms with van der Waals surface area (Å²) in [5, 5.41) is 7.20. The maximum Gasteiger partial charge on any atom is 0.143 e. The first-order valence-electron chi connectivity index (χ1n) is 23.9. The molecule has 328 valence electrons. The highest BCUT2D eigenvalue weighted by Gasteiger charge is 2.20. The Balaban J connectivity index is 0.938. The van der Waals surface area contributed by atoms with Gasteiger partial charge in [0.05, 0.1) is 22.1 Å². The van der Waals surface area contributed by atoms with Gasteiger partial charge in [-0.15, -0.1) is 0 Å². The summed E-state index contributed by atoms with van der Waals surface area (Å²) in [6, 6.07) is 94.2. The van der Waals surface area contributed by atoms with Crippen molar-refractivity contribution in [2.45, 2.75) is 0 Å². The molecule has 0 N–H and O–H groups in total. The Labute approximate surface area is 404 Å². The molecule has 3 heterocycles. The number of fused-ring (bicyclic) bond motifs is 9. The Morgan fingerprint density at radius 2 is 0.700 bits per heavy atom. The lowest BCUT2D eigenvalue weighted by atomic mass is 9.92. The SMILES string of the molecule is c1ccc(-c2cc(-c3ccc(N(c4cccc(-n5c6ccccc6c6ccccc65)c4)c4cccc(-n5c6ccccc6c6ccccc65)c4)cc3)cc(-c3cccc4c3oc3ccccc34)c2)cc1. The van der Waals surface area contributed by atoms with E-state index in [9.17, 15) is 0 Å². The van der Waals surface area contributed by atoms with Crippen LogP contribution in [-0.2, 0) is 0 Å². The maximum atomic E-state index is 6.59. The van der Waals surface area contributed by atoms with Crippen LogP contribution in [0.2, 0.25) is 0 Å². The largest absolute Gasteiger partial charge is 0.455 e. The molecule has 70 heavy (non-hydrogen) atoms. The second kappa shape index (κ2) is 16.2. The third-order valence-electron chi connectivity index (χ3n) is 14.1. The lowest BCUT2D eigenvalue weighted by Gasteiger charge is -2.27. The molecule has 14 rings (SSSR count). The van der Waals surface area contributed by atoms with E-state index in [-0.39, 0.29) is 0 Å². The third-order valence-corrected chi connectivity index (χ3v) is 14.1. The molecule has 4 heteroatoms. The van der Waals surface area contributed by atoms with Crippen LogP contribution in [0.3, 0.4) is 0 Å². The summed E-state index contributed by atoms with van der Waals surface area (Å²) in [4.78, 5) is 2.40. The highest BCUT2D eigenvalue weighted by Crippen LogP contribution is 2.43. The first-order valence-corrected chi connectivity index (χ1v) is 23.9. The molecule has 0 saturated heterocycles. The lowest BCUT2D eigenvalue weighted by molar-refractivity contribution is 0.670. The van der Waals surface area contributed by atoms with E-state index < -0.39 is 0 Å². The minimum atomic E-state index is 0.894. The predicted octanol–water partition coefficient (Wildman–Crippen LogP) is 18.3. The molecule has 14 aromatic rings. The number of aromatic nitrogens is 2. The Morgan fingerprint density at radius 1 is 0.271 bits per heavy atom. The van der Waals surface area contributed by atoms with Gasteiger partial charge in [0.25, 0.3) is 0 Å². The van der Waals surface area contributed by atoms with Crippen molar-refractivity contribution in [3.8, 4) is 44.8 Å². The predicted molar refractivity (Wildman–Crippen MR) is 293 cm³/mol. The van der Waals surface area contributed by atoms with Gasteiger partial charge in [0.1, 0.15) is 11.2 Å². The van der Waals surface area contributed by atoms with Crippen LogP contribution in [0.25, 0.3) is 110 Å². The molecule has 0 fully saturated rings. The summed E-state index contributed by atoms with van der Waals surface area (Å²) in [5.74, 6) is 0. The zero-order valence-corrected chi connectivity index (χ0v) is 38.1. The minimum Gasteiger partial charge on any atom is -0.455 e. The van der Waals surface area contributed by atoms with E-state index in [1.54, 1.807) is 0 Å². The summed E-state index contributed by atoms with van der Waals surface area (Å²) >= 11 is 0. The number of hydrogen-bond donors (Lipinski definition) is 0. The topological polar surface area (TPSA) is 26.2 Å². The summed E-state index contributed by atoms with van der Waals surface area (Å²) in [6.45, 7) is 0. The molecular formula is C66H43N3O. The van der Waals surface area contributed by atoms with Crippen LogP contribution in [-0.4, -0.2) is 9.13 Å². The second-order valence-electron chi connectivity index (χ2n) is 18.1. The molecular weight excluding hydrogens is 851 g/mol. The molecule has 11 aromatic carbocycles. The molecule has 0 atom stereocenters. The van der Waals surface area contributed by atoms with Crippen molar-refractivity contribution in [3.05, 3.63) is 261 Å². The normalized spacial score (nSPS) is 11.7. The first-order chi connectivity index (χ1) is 34.7. The van der Waals surface area contributed by atoms with Crippen molar-refractivity contribution in [1.82, 2.24) is 9.13 Å². The molecule has 0 unspecified atom stereocenters. The molecule has 0 radical (unpaired) electrons. The molecule has 0 aliphatic heterocycles. The molecule has 0 bridgehead atoms. The number of nitrogens with zero attached hydrogens (tertiary/aromatic N) is 3. The minimum absolute atomic E-state index is 0.894. The van der Waals surface area contributed by atoms with Crippen molar-refractivity contribution >= 4 is 82.6 Å². The quantitative estimate of drug-likeness (QED) is 0.152. The van der Waals surface area contributed by atoms with Gasteiger partial charge in [-0.25, -0.2) is 0 Å². The van der Waals surface area contributed by atoms with Gasteiger partial charge in [-0.3, -0.25) is 0 Å². The summed E-state index contributed by atoms with van der Waals surface area (Å²) < 4.78 is 11.4. The van der Waals surface area contributed by atoms with Gasteiger partial charge < -0.3 is 18.5 Å². The van der Waals surface area contributed by atoms with Crippen LogP contribution in [0.15, 0.2) is 265 Å². The zero-order valence-electron chi connectivity index (χ0n) is 38.1. The van der Waals surface area contributed by atoms with E-state index in [2.05, 4.69) is 269 Å². The van der Waals surface area contributed by atoms with Gasteiger partial charge in [0.15, 0.2) is 0 Å². The fourth-order valence-corrected chi connectivity index (χ4v) is 10.9.